The first kappa shape index (κ1) is 15.4. The molecular formula is C12H25BrOSi. The number of allylic oxidation sites excluding steroid dienone is 1. The van der Waals surface area contributed by atoms with Crippen LogP contribution in [0.2, 0.25) is 18.1 Å². The summed E-state index contributed by atoms with van der Waals surface area (Å²) in [6.45, 7) is 13.5. The molecule has 3 heteroatoms. The molecule has 0 bridgehead atoms. The summed E-state index contributed by atoms with van der Waals surface area (Å²) in [5.41, 5.74) is 0. The van der Waals surface area contributed by atoms with Crippen molar-refractivity contribution in [1.29, 1.82) is 0 Å². The average molecular weight is 293 g/mol. The summed E-state index contributed by atoms with van der Waals surface area (Å²) in [4.78, 5) is 0. The molecule has 0 aromatic carbocycles. The minimum atomic E-state index is -1.59. The Morgan fingerprint density at radius 2 is 1.87 bits per heavy atom. The molecular weight excluding hydrogens is 268 g/mol. The highest BCUT2D eigenvalue weighted by molar-refractivity contribution is 9.09. The molecule has 0 aromatic heterocycles. The van der Waals surface area contributed by atoms with Gasteiger partial charge in [-0.15, -0.1) is 0 Å². The number of hydrogen-bond donors (Lipinski definition) is 0. The van der Waals surface area contributed by atoms with Crippen LogP contribution in [0.15, 0.2) is 12.2 Å². The largest absolute Gasteiger partial charge is 0.411 e. The molecule has 0 aliphatic carbocycles. The van der Waals surface area contributed by atoms with Gasteiger partial charge in [0.1, 0.15) is 0 Å². The van der Waals surface area contributed by atoms with Gasteiger partial charge in [-0.25, -0.2) is 0 Å². The summed E-state index contributed by atoms with van der Waals surface area (Å²) in [5.74, 6) is 0. The molecule has 0 aliphatic rings. The first-order chi connectivity index (χ1) is 6.70. The van der Waals surface area contributed by atoms with Gasteiger partial charge in [0.15, 0.2) is 8.32 Å². The monoisotopic (exact) mass is 292 g/mol. The van der Waals surface area contributed by atoms with Crippen LogP contribution < -0.4 is 0 Å². The Bertz CT molecular complexity index is 206. The van der Waals surface area contributed by atoms with Crippen LogP contribution in [0.25, 0.3) is 0 Å². The van der Waals surface area contributed by atoms with Gasteiger partial charge in [0.05, 0.1) is 6.10 Å². The molecule has 0 saturated heterocycles. The third-order valence-corrected chi connectivity index (χ3v) is 8.00. The molecule has 0 radical (unpaired) electrons. The lowest BCUT2D eigenvalue weighted by atomic mass is 10.2. The number of hydrogen-bond acceptors (Lipinski definition) is 1. The molecule has 1 unspecified atom stereocenters. The number of rotatable bonds is 5. The first-order valence-corrected chi connectivity index (χ1v) is 9.64. The van der Waals surface area contributed by atoms with Crippen molar-refractivity contribution in [2.75, 3.05) is 5.33 Å². The maximum absolute atomic E-state index is 6.19. The van der Waals surface area contributed by atoms with E-state index in [1.54, 1.807) is 0 Å². The molecule has 1 atom stereocenters. The van der Waals surface area contributed by atoms with E-state index in [2.05, 4.69) is 68.9 Å². The zero-order valence-corrected chi connectivity index (χ0v) is 13.5. The molecule has 0 heterocycles. The van der Waals surface area contributed by atoms with Gasteiger partial charge < -0.3 is 4.43 Å². The van der Waals surface area contributed by atoms with Gasteiger partial charge in [-0.05, 0) is 31.5 Å². The van der Waals surface area contributed by atoms with Gasteiger partial charge in [0.2, 0.25) is 0 Å². The minimum Gasteiger partial charge on any atom is -0.411 e. The molecule has 0 N–H and O–H groups in total. The van der Waals surface area contributed by atoms with Crippen molar-refractivity contribution in [3.63, 3.8) is 0 Å². The van der Waals surface area contributed by atoms with Crippen molar-refractivity contribution in [1.82, 2.24) is 0 Å². The standard InChI is InChI=1S/C12H25BrOSi/c1-11(9-7-8-10-13)14-15(5,6)12(2,3)4/h7,9,11H,8,10H2,1-6H3/b9-7+. The van der Waals surface area contributed by atoms with Gasteiger partial charge in [-0.1, -0.05) is 48.9 Å². The fraction of sp³-hybridized carbons (Fsp3) is 0.833. The zero-order valence-electron chi connectivity index (χ0n) is 10.9. The topological polar surface area (TPSA) is 9.23 Å². The molecule has 15 heavy (non-hydrogen) atoms. The lowest BCUT2D eigenvalue weighted by molar-refractivity contribution is 0.243. The summed E-state index contributed by atoms with van der Waals surface area (Å²) in [5, 5.41) is 1.32. The Labute approximate surface area is 105 Å². The summed E-state index contributed by atoms with van der Waals surface area (Å²) in [7, 11) is -1.59. The van der Waals surface area contributed by atoms with E-state index in [1.807, 2.05) is 0 Å². The maximum atomic E-state index is 6.19. The Morgan fingerprint density at radius 1 is 1.33 bits per heavy atom. The van der Waals surface area contributed by atoms with E-state index < -0.39 is 8.32 Å². The van der Waals surface area contributed by atoms with Crippen molar-refractivity contribution in [2.24, 2.45) is 0 Å². The third kappa shape index (κ3) is 5.88. The number of alkyl halides is 1. The quantitative estimate of drug-likeness (QED) is 0.404. The third-order valence-electron chi connectivity index (χ3n) is 2.97. The molecule has 0 rings (SSSR count). The van der Waals surface area contributed by atoms with E-state index in [1.165, 1.54) is 0 Å². The molecule has 0 spiro atoms. The first-order valence-electron chi connectivity index (χ1n) is 5.61. The second-order valence-corrected chi connectivity index (χ2v) is 11.0. The van der Waals surface area contributed by atoms with E-state index in [0.29, 0.717) is 5.04 Å². The Kier molecular flexibility index (Phi) is 6.38. The average Bonchev–Trinajstić information content (AvgIpc) is 2.01. The molecule has 0 aliphatic heterocycles. The Hall–Kier alpha value is 0.397. The van der Waals surface area contributed by atoms with E-state index in [4.69, 9.17) is 4.43 Å². The van der Waals surface area contributed by atoms with Crippen LogP contribution in [0.3, 0.4) is 0 Å². The van der Waals surface area contributed by atoms with Crippen molar-refractivity contribution in [3.05, 3.63) is 12.2 Å². The van der Waals surface area contributed by atoms with Gasteiger partial charge in [-0.2, -0.15) is 0 Å². The highest BCUT2D eigenvalue weighted by Crippen LogP contribution is 2.37. The fourth-order valence-electron chi connectivity index (χ4n) is 1.03. The van der Waals surface area contributed by atoms with Gasteiger partial charge in [-0.3, -0.25) is 0 Å². The van der Waals surface area contributed by atoms with E-state index in [-0.39, 0.29) is 6.10 Å². The molecule has 1 nitrogen and oxygen atoms in total. The summed E-state index contributed by atoms with van der Waals surface area (Å²) >= 11 is 3.41. The predicted octanol–water partition coefficient (Wildman–Crippen LogP) is 4.74. The lowest BCUT2D eigenvalue weighted by Gasteiger charge is -2.37. The van der Waals surface area contributed by atoms with Gasteiger partial charge >= 0.3 is 0 Å². The summed E-state index contributed by atoms with van der Waals surface area (Å²) in [6.07, 6.45) is 5.67. The summed E-state index contributed by atoms with van der Waals surface area (Å²) in [6, 6.07) is 0. The lowest BCUT2D eigenvalue weighted by Crippen LogP contribution is -2.42. The van der Waals surface area contributed by atoms with Crippen LogP contribution in [0.1, 0.15) is 34.1 Å². The van der Waals surface area contributed by atoms with Crippen LogP contribution in [0, 0.1) is 0 Å². The SMILES string of the molecule is CC(/C=C/CCBr)O[Si](C)(C)C(C)(C)C. The van der Waals surface area contributed by atoms with Crippen molar-refractivity contribution < 1.29 is 4.43 Å². The molecule has 0 saturated carbocycles. The normalized spacial score (nSPS) is 15.9. The second-order valence-electron chi connectivity index (χ2n) is 5.49. The van der Waals surface area contributed by atoms with Crippen molar-refractivity contribution in [3.8, 4) is 0 Å². The maximum Gasteiger partial charge on any atom is 0.192 e. The Balaban J connectivity index is 4.22. The van der Waals surface area contributed by atoms with Crippen LogP contribution in [-0.2, 0) is 4.43 Å². The second kappa shape index (κ2) is 6.21. The van der Waals surface area contributed by atoms with E-state index >= 15 is 0 Å². The molecule has 0 fully saturated rings. The zero-order chi connectivity index (χ0) is 12.1. The van der Waals surface area contributed by atoms with E-state index in [9.17, 15) is 0 Å². The van der Waals surface area contributed by atoms with Gasteiger partial charge in [0, 0.05) is 5.33 Å². The van der Waals surface area contributed by atoms with Crippen LogP contribution >= 0.6 is 15.9 Å². The van der Waals surface area contributed by atoms with Crippen LogP contribution in [0.5, 0.6) is 0 Å². The summed E-state index contributed by atoms with van der Waals surface area (Å²) < 4.78 is 6.19. The van der Waals surface area contributed by atoms with Crippen LogP contribution in [-0.4, -0.2) is 19.8 Å². The molecule has 90 valence electrons. The van der Waals surface area contributed by atoms with Gasteiger partial charge in [0.25, 0.3) is 0 Å². The fourth-order valence-corrected chi connectivity index (χ4v) is 2.66. The highest BCUT2D eigenvalue weighted by Gasteiger charge is 2.37. The Morgan fingerprint density at radius 3 is 2.27 bits per heavy atom. The van der Waals surface area contributed by atoms with Crippen LogP contribution in [0.4, 0.5) is 0 Å². The predicted molar refractivity (Wildman–Crippen MR) is 75.3 cm³/mol. The molecule has 0 amide bonds. The smallest absolute Gasteiger partial charge is 0.192 e. The number of halogens is 1. The molecule has 0 aromatic rings. The van der Waals surface area contributed by atoms with Crippen molar-refractivity contribution >= 4 is 24.2 Å². The highest BCUT2D eigenvalue weighted by atomic mass is 79.9. The minimum absolute atomic E-state index is 0.241. The van der Waals surface area contributed by atoms with E-state index in [0.717, 1.165) is 11.8 Å². The van der Waals surface area contributed by atoms with Crippen molar-refractivity contribution in [2.45, 2.75) is 58.4 Å².